The fourth-order valence-corrected chi connectivity index (χ4v) is 5.01. The Morgan fingerprint density at radius 2 is 1.91 bits per heavy atom. The molecule has 9 nitrogen and oxygen atoms in total. The maximum absolute atomic E-state index is 13.1. The standard InChI is InChI=1S/C23H24ClFN4O5S/c24-20-12-18(25)7-8-21(20)35(33,34)15-26-9-1-2-19(30)14-27-13-16-3-5-17(6-4-16)22-28-10-11-29(22)23(31)32/h1-8,12,26-27H,9-11,13-15H2,(H,31,32). The van der Waals surface area contributed by atoms with Crippen LogP contribution in [0.3, 0.4) is 0 Å². The summed E-state index contributed by atoms with van der Waals surface area (Å²) in [5, 5.41) is 14.7. The molecule has 35 heavy (non-hydrogen) atoms. The summed E-state index contributed by atoms with van der Waals surface area (Å²) in [5.74, 6) is -0.799. The van der Waals surface area contributed by atoms with Crippen LogP contribution in [0.5, 0.6) is 0 Å². The number of aliphatic imine (C=N–C) groups is 1. The number of carboxylic acid groups (broad SMARTS) is 1. The third kappa shape index (κ3) is 7.43. The van der Waals surface area contributed by atoms with Gasteiger partial charge in [-0.05, 0) is 29.8 Å². The van der Waals surface area contributed by atoms with Crippen molar-refractivity contribution in [3.63, 3.8) is 0 Å². The maximum Gasteiger partial charge on any atom is 0.413 e. The van der Waals surface area contributed by atoms with Gasteiger partial charge in [-0.2, -0.15) is 0 Å². The topological polar surface area (TPSA) is 128 Å². The van der Waals surface area contributed by atoms with Crippen LogP contribution in [-0.4, -0.2) is 68.2 Å². The van der Waals surface area contributed by atoms with Crippen LogP contribution < -0.4 is 10.6 Å². The molecular formula is C23H24ClFN4O5S. The van der Waals surface area contributed by atoms with Gasteiger partial charge in [-0.25, -0.2) is 17.6 Å². The van der Waals surface area contributed by atoms with Crippen LogP contribution in [0.2, 0.25) is 5.02 Å². The van der Waals surface area contributed by atoms with E-state index >= 15 is 0 Å². The molecular weight excluding hydrogens is 499 g/mol. The van der Waals surface area contributed by atoms with Gasteiger partial charge in [0.25, 0.3) is 0 Å². The van der Waals surface area contributed by atoms with E-state index in [1.54, 1.807) is 12.1 Å². The lowest BCUT2D eigenvalue weighted by Crippen LogP contribution is -2.33. The number of hydrogen-bond donors (Lipinski definition) is 3. The van der Waals surface area contributed by atoms with E-state index in [4.69, 9.17) is 11.6 Å². The van der Waals surface area contributed by atoms with Crippen LogP contribution in [0, 0.1) is 5.82 Å². The molecule has 186 valence electrons. The zero-order chi connectivity index (χ0) is 25.4. The summed E-state index contributed by atoms with van der Waals surface area (Å²) in [6, 6.07) is 10.3. The van der Waals surface area contributed by atoms with Gasteiger partial charge in [-0.3, -0.25) is 20.0 Å². The summed E-state index contributed by atoms with van der Waals surface area (Å²) in [5.41, 5.74) is 1.63. The van der Waals surface area contributed by atoms with Crippen molar-refractivity contribution in [2.24, 2.45) is 4.99 Å². The zero-order valence-corrected chi connectivity index (χ0v) is 20.2. The number of carbonyl (C=O) groups is 2. The Labute approximate surface area is 207 Å². The molecule has 0 unspecified atom stereocenters. The second-order valence-electron chi connectivity index (χ2n) is 7.60. The molecule has 0 aliphatic carbocycles. The molecule has 0 saturated carbocycles. The number of ketones is 1. The van der Waals surface area contributed by atoms with Crippen LogP contribution >= 0.6 is 11.6 Å². The van der Waals surface area contributed by atoms with Crippen LogP contribution in [0.1, 0.15) is 11.1 Å². The molecule has 0 saturated heterocycles. The number of rotatable bonds is 11. The lowest BCUT2D eigenvalue weighted by Gasteiger charge is -2.14. The molecule has 2 aromatic carbocycles. The lowest BCUT2D eigenvalue weighted by molar-refractivity contribution is -0.113. The second-order valence-corrected chi connectivity index (χ2v) is 9.96. The number of nitrogens with zero attached hydrogens (tertiary/aromatic N) is 2. The highest BCUT2D eigenvalue weighted by Crippen LogP contribution is 2.22. The molecule has 0 radical (unpaired) electrons. The zero-order valence-electron chi connectivity index (χ0n) is 18.6. The second kappa shape index (κ2) is 12.0. The summed E-state index contributed by atoms with van der Waals surface area (Å²) in [6.45, 7) is 1.44. The van der Waals surface area contributed by atoms with Gasteiger partial charge in [0.15, 0.2) is 15.6 Å². The van der Waals surface area contributed by atoms with E-state index < -0.39 is 27.6 Å². The Morgan fingerprint density at radius 1 is 1.17 bits per heavy atom. The first-order chi connectivity index (χ1) is 16.7. The van der Waals surface area contributed by atoms with E-state index in [9.17, 15) is 27.5 Å². The molecule has 1 amide bonds. The minimum absolute atomic E-state index is 0.0846. The number of benzene rings is 2. The van der Waals surface area contributed by atoms with Crippen molar-refractivity contribution in [1.29, 1.82) is 0 Å². The van der Waals surface area contributed by atoms with Gasteiger partial charge in [0, 0.05) is 18.7 Å². The third-order valence-electron chi connectivity index (χ3n) is 5.00. The van der Waals surface area contributed by atoms with Gasteiger partial charge in [-0.15, -0.1) is 0 Å². The van der Waals surface area contributed by atoms with Gasteiger partial charge >= 0.3 is 6.09 Å². The first-order valence-electron chi connectivity index (χ1n) is 10.6. The van der Waals surface area contributed by atoms with Crippen molar-refractivity contribution < 1.29 is 27.5 Å². The predicted octanol–water partition coefficient (Wildman–Crippen LogP) is 2.46. The summed E-state index contributed by atoms with van der Waals surface area (Å²) >= 11 is 5.80. The maximum atomic E-state index is 13.1. The molecule has 0 spiro atoms. The van der Waals surface area contributed by atoms with Gasteiger partial charge in [0.05, 0.1) is 29.6 Å². The average molecular weight is 523 g/mol. The molecule has 3 N–H and O–H groups in total. The number of hydrogen-bond acceptors (Lipinski definition) is 7. The fraction of sp³-hybridized carbons (Fsp3) is 0.261. The Balaban J connectivity index is 1.38. The van der Waals surface area contributed by atoms with Crippen LogP contribution in [0.4, 0.5) is 9.18 Å². The third-order valence-corrected chi connectivity index (χ3v) is 7.03. The van der Waals surface area contributed by atoms with Crippen molar-refractivity contribution in [2.45, 2.75) is 11.4 Å². The number of amides is 1. The Morgan fingerprint density at radius 3 is 2.60 bits per heavy atom. The Hall–Kier alpha value is -3.12. The number of halogens is 2. The van der Waals surface area contributed by atoms with Crippen molar-refractivity contribution in [1.82, 2.24) is 15.5 Å². The monoisotopic (exact) mass is 522 g/mol. The van der Waals surface area contributed by atoms with Gasteiger partial charge < -0.3 is 10.4 Å². The first-order valence-corrected chi connectivity index (χ1v) is 12.6. The van der Waals surface area contributed by atoms with E-state index in [-0.39, 0.29) is 28.8 Å². The number of amidine groups is 1. The van der Waals surface area contributed by atoms with E-state index in [0.29, 0.717) is 31.0 Å². The van der Waals surface area contributed by atoms with Crippen molar-refractivity contribution in [2.75, 3.05) is 32.1 Å². The van der Waals surface area contributed by atoms with E-state index in [2.05, 4.69) is 15.6 Å². The first kappa shape index (κ1) is 26.5. The molecule has 0 fully saturated rings. The predicted molar refractivity (Wildman–Crippen MR) is 130 cm³/mol. The molecule has 1 aliphatic heterocycles. The fourth-order valence-electron chi connectivity index (χ4n) is 3.31. The summed E-state index contributed by atoms with van der Waals surface area (Å²) in [4.78, 5) is 28.5. The summed E-state index contributed by atoms with van der Waals surface area (Å²) in [6.07, 6.45) is 1.82. The van der Waals surface area contributed by atoms with E-state index in [0.717, 1.165) is 23.8 Å². The quantitative estimate of drug-likeness (QED) is 0.235. The minimum Gasteiger partial charge on any atom is -0.465 e. The van der Waals surface area contributed by atoms with Crippen LogP contribution in [-0.2, 0) is 21.2 Å². The smallest absolute Gasteiger partial charge is 0.413 e. The van der Waals surface area contributed by atoms with Crippen molar-refractivity contribution in [3.8, 4) is 0 Å². The highest BCUT2D eigenvalue weighted by atomic mass is 35.5. The number of sulfone groups is 1. The average Bonchev–Trinajstić information content (AvgIpc) is 3.29. The van der Waals surface area contributed by atoms with Gasteiger partial charge in [-0.1, -0.05) is 41.9 Å². The summed E-state index contributed by atoms with van der Waals surface area (Å²) < 4.78 is 37.6. The molecule has 0 aromatic heterocycles. The molecule has 1 heterocycles. The Kier molecular flexibility index (Phi) is 9.10. The van der Waals surface area contributed by atoms with Crippen LogP contribution in [0.25, 0.3) is 0 Å². The van der Waals surface area contributed by atoms with E-state index in [1.165, 1.54) is 17.1 Å². The highest BCUT2D eigenvalue weighted by Gasteiger charge is 2.24. The molecule has 0 atom stereocenters. The minimum atomic E-state index is -3.75. The van der Waals surface area contributed by atoms with Crippen molar-refractivity contribution >= 4 is 39.2 Å². The SMILES string of the molecule is O=C(C=CCNCS(=O)(=O)c1ccc(F)cc1Cl)CNCc1ccc(C2=NCCN2C(=O)O)cc1. The summed E-state index contributed by atoms with van der Waals surface area (Å²) in [7, 11) is -3.75. The van der Waals surface area contributed by atoms with Crippen molar-refractivity contribution in [3.05, 3.63) is 76.6 Å². The molecule has 1 aliphatic rings. The molecule has 2 aromatic rings. The van der Waals surface area contributed by atoms with Crippen LogP contribution in [0.15, 0.2) is 64.5 Å². The van der Waals surface area contributed by atoms with E-state index in [1.807, 2.05) is 12.1 Å². The van der Waals surface area contributed by atoms with Gasteiger partial charge in [0.2, 0.25) is 0 Å². The molecule has 3 rings (SSSR count). The normalized spacial score (nSPS) is 13.9. The Bertz CT molecular complexity index is 1250. The number of nitrogens with one attached hydrogen (secondary N) is 2. The molecule has 12 heteroatoms. The molecule has 0 bridgehead atoms. The lowest BCUT2D eigenvalue weighted by atomic mass is 10.1. The largest absolute Gasteiger partial charge is 0.465 e. The number of carbonyl (C=O) groups excluding carboxylic acids is 1. The van der Waals surface area contributed by atoms with Gasteiger partial charge in [0.1, 0.15) is 17.5 Å². The highest BCUT2D eigenvalue weighted by molar-refractivity contribution is 7.91.